The van der Waals surface area contributed by atoms with Crippen LogP contribution in [0.15, 0.2) is 30.3 Å². The third-order valence-electron chi connectivity index (χ3n) is 1.66. The number of rotatable bonds is 6. The van der Waals surface area contributed by atoms with Gasteiger partial charge in [0, 0.05) is 13.7 Å². The molecule has 1 rings (SSSR count). The zero-order valence-corrected chi connectivity index (χ0v) is 7.90. The fourth-order valence-electron chi connectivity index (χ4n) is 1.01. The van der Waals surface area contributed by atoms with Gasteiger partial charge in [0.05, 0.1) is 13.2 Å². The van der Waals surface area contributed by atoms with Crippen LogP contribution in [-0.4, -0.2) is 13.7 Å². The SMILES string of the molecule is CO[CH]CCOCc1ccccc1. The van der Waals surface area contributed by atoms with Crippen molar-refractivity contribution in [2.45, 2.75) is 13.0 Å². The molecule has 1 aromatic carbocycles. The Balaban J connectivity index is 2.07. The number of ether oxygens (including phenoxy) is 2. The minimum absolute atomic E-state index is 0.679. The highest BCUT2D eigenvalue weighted by Gasteiger charge is 1.91. The molecule has 1 radical (unpaired) electrons. The molecule has 71 valence electrons. The molecule has 0 aliphatic heterocycles. The van der Waals surface area contributed by atoms with E-state index in [4.69, 9.17) is 9.47 Å². The Morgan fingerprint density at radius 2 is 2.00 bits per heavy atom. The number of hydrogen-bond acceptors (Lipinski definition) is 2. The average molecular weight is 179 g/mol. The van der Waals surface area contributed by atoms with Crippen LogP contribution >= 0.6 is 0 Å². The van der Waals surface area contributed by atoms with Gasteiger partial charge in [-0.2, -0.15) is 0 Å². The third kappa shape index (κ3) is 4.65. The van der Waals surface area contributed by atoms with E-state index >= 15 is 0 Å². The lowest BCUT2D eigenvalue weighted by Gasteiger charge is -2.02. The molecule has 0 saturated heterocycles. The van der Waals surface area contributed by atoms with Gasteiger partial charge in [0.25, 0.3) is 0 Å². The molecular formula is C11H15O2. The van der Waals surface area contributed by atoms with Crippen LogP contribution < -0.4 is 0 Å². The molecule has 1 aromatic rings. The topological polar surface area (TPSA) is 18.5 Å². The van der Waals surface area contributed by atoms with Crippen LogP contribution in [0.3, 0.4) is 0 Å². The number of methoxy groups -OCH3 is 1. The van der Waals surface area contributed by atoms with Crippen molar-refractivity contribution in [3.8, 4) is 0 Å². The maximum Gasteiger partial charge on any atom is 0.0855 e. The van der Waals surface area contributed by atoms with Crippen molar-refractivity contribution in [3.63, 3.8) is 0 Å². The molecule has 0 N–H and O–H groups in total. The largest absolute Gasteiger partial charge is 0.379 e. The van der Waals surface area contributed by atoms with E-state index in [-0.39, 0.29) is 0 Å². The second-order valence-corrected chi connectivity index (χ2v) is 2.73. The highest BCUT2D eigenvalue weighted by atomic mass is 16.5. The summed E-state index contributed by atoms with van der Waals surface area (Å²) in [5, 5.41) is 0. The minimum Gasteiger partial charge on any atom is -0.379 e. The minimum atomic E-state index is 0.679. The maximum atomic E-state index is 5.41. The Bertz CT molecular complexity index is 209. The van der Waals surface area contributed by atoms with Gasteiger partial charge in [0.1, 0.15) is 0 Å². The average Bonchev–Trinajstić information content (AvgIpc) is 2.19. The first-order valence-corrected chi connectivity index (χ1v) is 4.39. The summed E-state index contributed by atoms with van der Waals surface area (Å²) in [4.78, 5) is 0. The summed E-state index contributed by atoms with van der Waals surface area (Å²) in [7, 11) is 1.65. The fourth-order valence-corrected chi connectivity index (χ4v) is 1.01. The second-order valence-electron chi connectivity index (χ2n) is 2.73. The van der Waals surface area contributed by atoms with E-state index < -0.39 is 0 Å². The van der Waals surface area contributed by atoms with Crippen molar-refractivity contribution < 1.29 is 9.47 Å². The van der Waals surface area contributed by atoms with Crippen molar-refractivity contribution in [2.75, 3.05) is 13.7 Å². The van der Waals surface area contributed by atoms with E-state index in [0.29, 0.717) is 13.2 Å². The van der Waals surface area contributed by atoms with E-state index in [0.717, 1.165) is 6.42 Å². The molecule has 0 fully saturated rings. The highest BCUT2D eigenvalue weighted by molar-refractivity contribution is 5.13. The Hall–Kier alpha value is -0.860. The Morgan fingerprint density at radius 1 is 1.23 bits per heavy atom. The predicted octanol–water partition coefficient (Wildman–Crippen LogP) is 2.40. The van der Waals surface area contributed by atoms with Crippen molar-refractivity contribution in [1.29, 1.82) is 0 Å². The van der Waals surface area contributed by atoms with Crippen molar-refractivity contribution in [1.82, 2.24) is 0 Å². The summed E-state index contributed by atoms with van der Waals surface area (Å²) in [6.45, 7) is 3.13. The quantitative estimate of drug-likeness (QED) is 0.624. The standard InChI is InChI=1S/C11H15O2/c1-12-8-5-9-13-10-11-6-3-2-4-7-11/h2-4,6-8H,5,9-10H2,1H3. The van der Waals surface area contributed by atoms with Gasteiger partial charge in [-0.15, -0.1) is 0 Å². The van der Waals surface area contributed by atoms with Gasteiger partial charge in [-0.3, -0.25) is 0 Å². The van der Waals surface area contributed by atoms with E-state index in [1.165, 1.54) is 5.56 Å². The molecule has 0 aromatic heterocycles. The Labute approximate surface area is 79.5 Å². The molecule has 13 heavy (non-hydrogen) atoms. The molecule has 0 unspecified atom stereocenters. The lowest BCUT2D eigenvalue weighted by molar-refractivity contribution is 0.110. The first-order chi connectivity index (χ1) is 6.43. The molecule has 0 aliphatic carbocycles. The summed E-state index contributed by atoms with van der Waals surface area (Å²) < 4.78 is 10.2. The van der Waals surface area contributed by atoms with Crippen molar-refractivity contribution in [3.05, 3.63) is 42.5 Å². The monoisotopic (exact) mass is 179 g/mol. The van der Waals surface area contributed by atoms with Gasteiger partial charge in [-0.1, -0.05) is 30.3 Å². The Kier molecular flexibility index (Phi) is 5.22. The van der Waals surface area contributed by atoms with Crippen LogP contribution in [0.25, 0.3) is 0 Å². The first-order valence-electron chi connectivity index (χ1n) is 4.39. The van der Waals surface area contributed by atoms with Gasteiger partial charge < -0.3 is 9.47 Å². The zero-order chi connectivity index (χ0) is 9.36. The van der Waals surface area contributed by atoms with Crippen molar-refractivity contribution in [2.24, 2.45) is 0 Å². The molecule has 2 nitrogen and oxygen atoms in total. The van der Waals surface area contributed by atoms with Crippen LogP contribution in [0, 0.1) is 6.61 Å². The predicted molar refractivity (Wildman–Crippen MR) is 52.0 cm³/mol. The lowest BCUT2D eigenvalue weighted by Crippen LogP contribution is -1.96. The van der Waals surface area contributed by atoms with Gasteiger partial charge in [0.15, 0.2) is 0 Å². The summed E-state index contributed by atoms with van der Waals surface area (Å²) in [5.74, 6) is 0. The fraction of sp³-hybridized carbons (Fsp3) is 0.364. The maximum absolute atomic E-state index is 5.41. The summed E-state index contributed by atoms with van der Waals surface area (Å²) in [5.41, 5.74) is 1.21. The van der Waals surface area contributed by atoms with Gasteiger partial charge >= 0.3 is 0 Å². The van der Waals surface area contributed by atoms with Crippen LogP contribution in [0.4, 0.5) is 0 Å². The van der Waals surface area contributed by atoms with E-state index in [1.54, 1.807) is 13.7 Å². The summed E-state index contributed by atoms with van der Waals surface area (Å²) in [6.07, 6.45) is 0.837. The van der Waals surface area contributed by atoms with E-state index in [1.807, 2.05) is 18.2 Å². The highest BCUT2D eigenvalue weighted by Crippen LogP contribution is 2.01. The normalized spacial score (nSPS) is 10.2. The molecule has 0 aliphatic rings. The van der Waals surface area contributed by atoms with Gasteiger partial charge in [-0.25, -0.2) is 0 Å². The molecule has 0 saturated carbocycles. The van der Waals surface area contributed by atoms with Crippen LogP contribution in [0.2, 0.25) is 0 Å². The molecule has 2 heteroatoms. The molecule has 0 spiro atoms. The summed E-state index contributed by atoms with van der Waals surface area (Å²) >= 11 is 0. The molecule has 0 heterocycles. The smallest absolute Gasteiger partial charge is 0.0855 e. The number of benzene rings is 1. The lowest BCUT2D eigenvalue weighted by atomic mass is 10.2. The molecular weight excluding hydrogens is 164 g/mol. The number of hydrogen-bond donors (Lipinski definition) is 0. The van der Waals surface area contributed by atoms with Crippen LogP contribution in [0.5, 0.6) is 0 Å². The van der Waals surface area contributed by atoms with Crippen LogP contribution in [0.1, 0.15) is 12.0 Å². The molecule has 0 bridgehead atoms. The van der Waals surface area contributed by atoms with E-state index in [2.05, 4.69) is 12.1 Å². The third-order valence-corrected chi connectivity index (χ3v) is 1.66. The van der Waals surface area contributed by atoms with Crippen molar-refractivity contribution >= 4 is 0 Å². The summed E-state index contributed by atoms with van der Waals surface area (Å²) in [6, 6.07) is 10.1. The Morgan fingerprint density at radius 3 is 2.69 bits per heavy atom. The zero-order valence-electron chi connectivity index (χ0n) is 7.90. The second kappa shape index (κ2) is 6.63. The van der Waals surface area contributed by atoms with Gasteiger partial charge in [0.2, 0.25) is 0 Å². The van der Waals surface area contributed by atoms with Crippen LogP contribution in [-0.2, 0) is 16.1 Å². The first kappa shape index (κ1) is 10.2. The molecule has 0 amide bonds. The molecule has 0 atom stereocenters. The van der Waals surface area contributed by atoms with E-state index in [9.17, 15) is 0 Å². The van der Waals surface area contributed by atoms with Gasteiger partial charge in [-0.05, 0) is 12.0 Å².